The van der Waals surface area contributed by atoms with Crippen LogP contribution in [-0.4, -0.2) is 2.43 Å². The Morgan fingerprint density at radius 2 is 1.20 bits per heavy atom. The van der Waals surface area contributed by atoms with E-state index in [4.69, 9.17) is 0 Å². The van der Waals surface area contributed by atoms with Crippen molar-refractivity contribution in [2.45, 2.75) is 0 Å². The molecule has 0 saturated carbocycles. The molecule has 0 amide bonds. The van der Waals surface area contributed by atoms with Crippen LogP contribution in [0.5, 0.6) is 0 Å². The van der Waals surface area contributed by atoms with Gasteiger partial charge in [-0.2, -0.15) is 0 Å². The molecular formula is CH2HfI3. The van der Waals surface area contributed by atoms with E-state index >= 15 is 0 Å². The first-order chi connectivity index (χ1) is 2.41. The van der Waals surface area contributed by atoms with Gasteiger partial charge in [0.1, 0.15) is 0 Å². The van der Waals surface area contributed by atoms with Crippen LogP contribution in [0.25, 0.3) is 0 Å². The summed E-state index contributed by atoms with van der Waals surface area (Å²) in [4.78, 5) is 0. The van der Waals surface area contributed by atoms with E-state index in [2.05, 4.69) is 63.3 Å². The predicted octanol–water partition coefficient (Wildman–Crippen LogP) is 2.70. The van der Waals surface area contributed by atoms with E-state index in [-0.39, 0.29) is 0 Å². The predicted molar refractivity (Wildman–Crippen MR) is 46.9 cm³/mol. The summed E-state index contributed by atoms with van der Waals surface area (Å²) in [6, 6.07) is 0. The first-order valence-corrected chi connectivity index (χ1v) is 14.0. The zero-order valence-corrected chi connectivity index (χ0v) is 12.4. The summed E-state index contributed by atoms with van der Waals surface area (Å²) >= 11 is 8.11. The van der Waals surface area contributed by atoms with Crippen molar-refractivity contribution >= 4 is 63.3 Å². The van der Waals surface area contributed by atoms with Crippen LogP contribution in [0.3, 0.4) is 0 Å². The van der Waals surface area contributed by atoms with Gasteiger partial charge in [-0.1, -0.05) is 45.2 Å². The topological polar surface area (TPSA) is 0 Å². The summed E-state index contributed by atoms with van der Waals surface area (Å²) in [5, 5.41) is 0. The molecule has 0 heterocycles. The van der Waals surface area contributed by atoms with Gasteiger partial charge in [0, 0.05) is 0 Å². The van der Waals surface area contributed by atoms with Crippen LogP contribution < -0.4 is 0 Å². The minimum absolute atomic E-state index is 1.19. The molecule has 0 saturated heterocycles. The van der Waals surface area contributed by atoms with Gasteiger partial charge < -0.3 is 0 Å². The van der Waals surface area contributed by atoms with Crippen molar-refractivity contribution in [1.29, 1.82) is 0 Å². The molecule has 31 valence electrons. The molecule has 0 fully saturated rings. The molecule has 0 bridgehead atoms. The summed E-state index contributed by atoms with van der Waals surface area (Å²) in [5.74, 6) is 0. The van der Waals surface area contributed by atoms with Crippen molar-refractivity contribution in [3.05, 3.63) is 0 Å². The van der Waals surface area contributed by atoms with Gasteiger partial charge in [0.15, 0.2) is 0 Å². The van der Waals surface area contributed by atoms with Gasteiger partial charge >= 0.3 is 38.4 Å². The minimum atomic E-state index is 1.19. The van der Waals surface area contributed by atoms with Crippen molar-refractivity contribution in [2.75, 3.05) is 2.43 Å². The molecule has 0 aromatic heterocycles. The normalized spacial score (nSPS) is 4.40. The number of hydrogen-bond acceptors (Lipinski definition) is 0. The van der Waals surface area contributed by atoms with Crippen molar-refractivity contribution in [3.8, 4) is 0 Å². The molecule has 0 atom stereocenters. The van der Waals surface area contributed by atoms with Crippen LogP contribution in [0.2, 0.25) is 0 Å². The summed E-state index contributed by atoms with van der Waals surface area (Å²) in [7, 11) is 0. The molecule has 4 heteroatoms. The maximum absolute atomic E-state index is 2.29. The van der Waals surface area contributed by atoms with Crippen molar-refractivity contribution in [1.82, 2.24) is 0 Å². The van der Waals surface area contributed by atoms with E-state index in [9.17, 15) is 0 Å². The fraction of sp³-hybridized carbons (Fsp3) is 1.00. The Bertz CT molecular complexity index is 6.85. The van der Waals surface area contributed by atoms with Gasteiger partial charge in [0.25, 0.3) is 0 Å². The molecular weight excluding hydrogens is 571 g/mol. The zero-order chi connectivity index (χ0) is 4.71. The second-order valence-electron chi connectivity index (χ2n) is 0.101. The zero-order valence-electron chi connectivity index (χ0n) is 2.34. The molecule has 0 rings (SSSR count). The average molecular weight is 573 g/mol. The van der Waals surface area contributed by atoms with Gasteiger partial charge in [0.05, 0.1) is 2.43 Å². The van der Waals surface area contributed by atoms with E-state index in [0.29, 0.717) is 0 Å². The SMILES string of the molecule is ICI.[I][Hf]. The van der Waals surface area contributed by atoms with E-state index < -0.39 is 0 Å². The van der Waals surface area contributed by atoms with Crippen molar-refractivity contribution in [2.24, 2.45) is 0 Å². The molecule has 0 N–H and O–H groups in total. The molecule has 0 nitrogen and oxygen atoms in total. The molecule has 0 aliphatic carbocycles. The average Bonchev–Trinajstić information content (AvgIpc) is 1.46. The Kier molecular flexibility index (Phi) is 34.4. The van der Waals surface area contributed by atoms with Gasteiger partial charge in [-0.25, -0.2) is 0 Å². The van der Waals surface area contributed by atoms with Crippen LogP contribution in [-0.2, 0) is 20.2 Å². The quantitative estimate of drug-likeness (QED) is 0.238. The van der Waals surface area contributed by atoms with Gasteiger partial charge in [-0.05, 0) is 0 Å². The molecule has 0 aromatic rings. The van der Waals surface area contributed by atoms with Gasteiger partial charge in [-0.15, -0.1) is 0 Å². The third kappa shape index (κ3) is 19.3. The van der Waals surface area contributed by atoms with Crippen molar-refractivity contribution < 1.29 is 20.2 Å². The van der Waals surface area contributed by atoms with Crippen LogP contribution in [0, 0.1) is 0 Å². The number of rotatable bonds is 0. The number of alkyl halides is 2. The molecule has 0 aliphatic rings. The number of halogens is 3. The first-order valence-electron chi connectivity index (χ1n) is 0.724. The summed E-state index contributed by atoms with van der Waals surface area (Å²) < 4.78 is 1.19. The second-order valence-corrected chi connectivity index (χ2v) is 4.55. The van der Waals surface area contributed by atoms with Crippen LogP contribution in [0.15, 0.2) is 0 Å². The molecule has 0 aliphatic heterocycles. The van der Waals surface area contributed by atoms with Crippen LogP contribution in [0.4, 0.5) is 0 Å². The Morgan fingerprint density at radius 1 is 1.20 bits per heavy atom. The second kappa shape index (κ2) is 15.7. The molecule has 0 spiro atoms. The van der Waals surface area contributed by atoms with E-state index in [1.54, 1.807) is 0 Å². The monoisotopic (exact) mass is 575 g/mol. The summed E-state index contributed by atoms with van der Waals surface area (Å²) in [6.45, 7) is 0. The molecule has 0 unspecified atom stereocenters. The Morgan fingerprint density at radius 3 is 1.20 bits per heavy atom. The first kappa shape index (κ1) is 10.9. The van der Waals surface area contributed by atoms with E-state index in [0.717, 1.165) is 0 Å². The number of hydrogen-bond donors (Lipinski definition) is 0. The fourth-order valence-electron chi connectivity index (χ4n) is 0. The Labute approximate surface area is 83.9 Å². The molecule has 5 heavy (non-hydrogen) atoms. The van der Waals surface area contributed by atoms with Gasteiger partial charge in [-0.3, -0.25) is 0 Å². The fourth-order valence-corrected chi connectivity index (χ4v) is 0. The molecule has 0 aromatic carbocycles. The van der Waals surface area contributed by atoms with Gasteiger partial charge in [0.2, 0.25) is 0 Å². The Balaban J connectivity index is 0. The van der Waals surface area contributed by atoms with Crippen LogP contribution in [0.1, 0.15) is 0 Å². The van der Waals surface area contributed by atoms with E-state index in [1.807, 2.05) is 0 Å². The maximum atomic E-state index is 2.29. The summed E-state index contributed by atoms with van der Waals surface area (Å²) in [5.41, 5.74) is 0. The summed E-state index contributed by atoms with van der Waals surface area (Å²) in [6.07, 6.45) is 0. The van der Waals surface area contributed by atoms with Crippen LogP contribution >= 0.6 is 63.3 Å². The van der Waals surface area contributed by atoms with Crippen molar-refractivity contribution in [3.63, 3.8) is 0 Å². The third-order valence-corrected chi connectivity index (χ3v) is 0. The third-order valence-electron chi connectivity index (χ3n) is 0. The standard InChI is InChI=1S/CH2I2.Hf.HI/c2-1-3;;/h1H2;;1H/q;+1;/p-1. The molecule has 0 radical (unpaired) electrons. The van der Waals surface area contributed by atoms with E-state index in [1.165, 1.54) is 22.7 Å². The Hall–Kier alpha value is 3.06.